The van der Waals surface area contributed by atoms with Gasteiger partial charge in [0.2, 0.25) is 0 Å². The van der Waals surface area contributed by atoms with Gasteiger partial charge in [0.25, 0.3) is 0 Å². The van der Waals surface area contributed by atoms with Crippen molar-refractivity contribution in [3.63, 3.8) is 0 Å². The Labute approximate surface area is 121 Å². The molecular formula is C15H28N2O3. The van der Waals surface area contributed by atoms with Gasteiger partial charge in [0.05, 0.1) is 6.42 Å². The quantitative estimate of drug-likeness (QED) is 0.788. The molecule has 2 N–H and O–H groups in total. The monoisotopic (exact) mass is 284 g/mol. The van der Waals surface area contributed by atoms with E-state index in [1.54, 1.807) is 11.9 Å². The van der Waals surface area contributed by atoms with Gasteiger partial charge in [-0.1, -0.05) is 27.2 Å². The lowest BCUT2D eigenvalue weighted by atomic mass is 9.85. The van der Waals surface area contributed by atoms with Gasteiger partial charge in [-0.2, -0.15) is 0 Å². The molecule has 2 amide bonds. The Morgan fingerprint density at radius 3 is 2.35 bits per heavy atom. The Morgan fingerprint density at radius 2 is 1.95 bits per heavy atom. The topological polar surface area (TPSA) is 69.6 Å². The summed E-state index contributed by atoms with van der Waals surface area (Å²) in [6.07, 6.45) is 4.27. The second-order valence-electron chi connectivity index (χ2n) is 7.19. The van der Waals surface area contributed by atoms with E-state index in [1.165, 1.54) is 19.3 Å². The number of carbonyl (C=O) groups excluding carboxylic acids is 1. The summed E-state index contributed by atoms with van der Waals surface area (Å²) >= 11 is 0. The number of carbonyl (C=O) groups is 2. The molecule has 5 heteroatoms. The van der Waals surface area contributed by atoms with Crippen molar-refractivity contribution in [2.75, 3.05) is 13.6 Å². The average Bonchev–Trinajstić information content (AvgIpc) is 2.19. The maximum atomic E-state index is 12.1. The van der Waals surface area contributed by atoms with Crippen molar-refractivity contribution >= 4 is 12.0 Å². The largest absolute Gasteiger partial charge is 0.481 e. The predicted octanol–water partition coefficient (Wildman–Crippen LogP) is 2.71. The fourth-order valence-electron chi connectivity index (χ4n) is 2.55. The molecule has 20 heavy (non-hydrogen) atoms. The smallest absolute Gasteiger partial charge is 0.317 e. The summed E-state index contributed by atoms with van der Waals surface area (Å²) in [5.41, 5.74) is -0.0139. The first-order valence-electron chi connectivity index (χ1n) is 7.41. The van der Waals surface area contributed by atoms with Crippen molar-refractivity contribution in [3.8, 4) is 0 Å². The van der Waals surface area contributed by atoms with Crippen LogP contribution in [0.2, 0.25) is 0 Å². The van der Waals surface area contributed by atoms with E-state index in [9.17, 15) is 9.59 Å². The van der Waals surface area contributed by atoms with Crippen LogP contribution < -0.4 is 5.32 Å². The van der Waals surface area contributed by atoms with Gasteiger partial charge >= 0.3 is 12.0 Å². The van der Waals surface area contributed by atoms with E-state index in [4.69, 9.17) is 5.11 Å². The first-order valence-corrected chi connectivity index (χ1v) is 7.41. The molecule has 116 valence electrons. The molecule has 5 nitrogen and oxygen atoms in total. The number of amides is 2. The Hall–Kier alpha value is -1.26. The molecule has 0 aliphatic heterocycles. The second kappa shape index (κ2) is 6.95. The van der Waals surface area contributed by atoms with Crippen LogP contribution in [-0.2, 0) is 4.79 Å². The Bertz CT molecular complexity index is 346. The summed E-state index contributed by atoms with van der Waals surface area (Å²) in [6.45, 7) is 6.91. The number of hydrogen-bond donors (Lipinski definition) is 2. The molecular weight excluding hydrogens is 256 g/mol. The molecule has 1 aliphatic carbocycles. The van der Waals surface area contributed by atoms with Gasteiger partial charge in [-0.15, -0.1) is 0 Å². The molecule has 1 unspecified atom stereocenters. The van der Waals surface area contributed by atoms with Crippen LogP contribution in [0.4, 0.5) is 4.79 Å². The van der Waals surface area contributed by atoms with Crippen LogP contribution in [0.25, 0.3) is 0 Å². The molecule has 1 aliphatic rings. The van der Waals surface area contributed by atoms with E-state index in [0.29, 0.717) is 12.3 Å². The summed E-state index contributed by atoms with van der Waals surface area (Å²) in [5, 5.41) is 11.8. The third-order valence-electron chi connectivity index (χ3n) is 3.71. The van der Waals surface area contributed by atoms with Crippen molar-refractivity contribution < 1.29 is 14.7 Å². The minimum absolute atomic E-state index is 0.0139. The van der Waals surface area contributed by atoms with Crippen molar-refractivity contribution in [1.29, 1.82) is 0 Å². The van der Waals surface area contributed by atoms with E-state index >= 15 is 0 Å². The highest BCUT2D eigenvalue weighted by molar-refractivity contribution is 5.75. The predicted molar refractivity (Wildman–Crippen MR) is 78.6 cm³/mol. The van der Waals surface area contributed by atoms with E-state index < -0.39 is 5.97 Å². The molecule has 1 fully saturated rings. The van der Waals surface area contributed by atoms with E-state index in [2.05, 4.69) is 5.32 Å². The van der Waals surface area contributed by atoms with Crippen LogP contribution in [0.5, 0.6) is 0 Å². The second-order valence-corrected chi connectivity index (χ2v) is 7.19. The molecule has 1 rings (SSSR count). The number of rotatable bonds is 6. The lowest BCUT2D eigenvalue weighted by molar-refractivity contribution is -0.137. The van der Waals surface area contributed by atoms with Gasteiger partial charge in [-0.3, -0.25) is 4.79 Å². The highest BCUT2D eigenvalue weighted by atomic mass is 16.4. The third-order valence-corrected chi connectivity index (χ3v) is 3.71. The van der Waals surface area contributed by atoms with Crippen LogP contribution in [-0.4, -0.2) is 41.6 Å². The molecule has 0 saturated heterocycles. The maximum Gasteiger partial charge on any atom is 0.317 e. The lowest BCUT2D eigenvalue weighted by Gasteiger charge is -2.32. The van der Waals surface area contributed by atoms with Gasteiger partial charge in [0, 0.05) is 19.6 Å². The molecule has 0 radical (unpaired) electrons. The molecule has 0 aromatic rings. The van der Waals surface area contributed by atoms with Crippen molar-refractivity contribution in [1.82, 2.24) is 10.2 Å². The van der Waals surface area contributed by atoms with Gasteiger partial charge in [0.1, 0.15) is 0 Å². The average molecular weight is 284 g/mol. The number of nitrogens with zero attached hydrogens (tertiary/aromatic N) is 1. The SMILES string of the molecule is CN(CC1CCC1)C(=O)NC(CC(=O)O)CC(C)(C)C. The van der Waals surface area contributed by atoms with E-state index in [-0.39, 0.29) is 23.9 Å². The summed E-state index contributed by atoms with van der Waals surface area (Å²) < 4.78 is 0. The van der Waals surface area contributed by atoms with Gasteiger partial charge in [0.15, 0.2) is 0 Å². The minimum Gasteiger partial charge on any atom is -0.481 e. The number of aliphatic carboxylic acids is 1. The third kappa shape index (κ3) is 6.26. The van der Waals surface area contributed by atoms with Crippen LogP contribution >= 0.6 is 0 Å². The molecule has 1 atom stereocenters. The number of carboxylic acids is 1. The number of carboxylic acid groups (broad SMARTS) is 1. The zero-order chi connectivity index (χ0) is 15.3. The van der Waals surface area contributed by atoms with Crippen LogP contribution in [0, 0.1) is 11.3 Å². The highest BCUT2D eigenvalue weighted by Crippen LogP contribution is 2.27. The molecule has 0 aromatic heterocycles. The standard InChI is InChI=1S/C15H28N2O3/c1-15(2,3)9-12(8-13(18)19)16-14(20)17(4)10-11-6-5-7-11/h11-12H,5-10H2,1-4H3,(H,16,20)(H,18,19). The van der Waals surface area contributed by atoms with Gasteiger partial charge in [-0.25, -0.2) is 4.79 Å². The molecule has 0 spiro atoms. The van der Waals surface area contributed by atoms with Crippen LogP contribution in [0.15, 0.2) is 0 Å². The van der Waals surface area contributed by atoms with E-state index in [1.807, 2.05) is 20.8 Å². The first-order chi connectivity index (χ1) is 9.17. The molecule has 1 saturated carbocycles. The fraction of sp³-hybridized carbons (Fsp3) is 0.867. The molecule has 0 bridgehead atoms. The fourth-order valence-corrected chi connectivity index (χ4v) is 2.55. The van der Waals surface area contributed by atoms with Crippen LogP contribution in [0.3, 0.4) is 0 Å². The zero-order valence-corrected chi connectivity index (χ0v) is 13.1. The maximum absolute atomic E-state index is 12.1. The number of hydrogen-bond acceptors (Lipinski definition) is 2. The molecule has 0 heterocycles. The van der Waals surface area contributed by atoms with Gasteiger partial charge < -0.3 is 15.3 Å². The zero-order valence-electron chi connectivity index (χ0n) is 13.1. The summed E-state index contributed by atoms with van der Waals surface area (Å²) in [6, 6.07) is -0.476. The van der Waals surface area contributed by atoms with Crippen molar-refractivity contribution in [3.05, 3.63) is 0 Å². The first kappa shape index (κ1) is 16.8. The van der Waals surface area contributed by atoms with Crippen LogP contribution in [0.1, 0.15) is 52.9 Å². The Kier molecular flexibility index (Phi) is 5.84. The normalized spacial score (nSPS) is 17.2. The Morgan fingerprint density at radius 1 is 1.35 bits per heavy atom. The van der Waals surface area contributed by atoms with E-state index in [0.717, 1.165) is 6.54 Å². The summed E-state index contributed by atoms with van der Waals surface area (Å²) in [7, 11) is 1.78. The molecule has 0 aromatic carbocycles. The highest BCUT2D eigenvalue weighted by Gasteiger charge is 2.26. The summed E-state index contributed by atoms with van der Waals surface area (Å²) in [4.78, 5) is 24.7. The minimum atomic E-state index is -0.874. The summed E-state index contributed by atoms with van der Waals surface area (Å²) in [5.74, 6) is -0.257. The number of nitrogens with one attached hydrogen (secondary N) is 1. The van der Waals surface area contributed by atoms with Gasteiger partial charge in [-0.05, 0) is 30.6 Å². The van der Waals surface area contributed by atoms with Crippen molar-refractivity contribution in [2.45, 2.75) is 58.9 Å². The Balaban J connectivity index is 2.48. The van der Waals surface area contributed by atoms with Crippen molar-refractivity contribution in [2.24, 2.45) is 11.3 Å². The lowest BCUT2D eigenvalue weighted by Crippen LogP contribution is -2.47. The number of urea groups is 1.